The van der Waals surface area contributed by atoms with E-state index in [1.54, 1.807) is 6.33 Å². The number of pyridine rings is 1. The normalized spacial score (nSPS) is 14.8. The Balaban J connectivity index is 1.88. The highest BCUT2D eigenvalue weighted by atomic mass is 35.5. The Morgan fingerprint density at radius 3 is 2.58 bits per heavy atom. The van der Waals surface area contributed by atoms with Crippen molar-refractivity contribution < 1.29 is 0 Å². The van der Waals surface area contributed by atoms with Crippen LogP contribution in [-0.2, 0) is 0 Å². The van der Waals surface area contributed by atoms with Crippen molar-refractivity contribution in [3.63, 3.8) is 0 Å². The summed E-state index contributed by atoms with van der Waals surface area (Å²) in [6.45, 7) is 6.13. The molecule has 26 heavy (non-hydrogen) atoms. The standard InChI is InChI=1S/C20H22ClN5/c1-12-8-18(22)25-19(13(12)2)14-10-17-15(9-16(14)21)20(24-11-23-17)26-6-4-3-5-7-26/h8-11H,3-7H2,1-2H3,(H2,22,25). The summed E-state index contributed by atoms with van der Waals surface area (Å²) in [6, 6.07) is 5.85. The van der Waals surface area contributed by atoms with E-state index < -0.39 is 0 Å². The van der Waals surface area contributed by atoms with Crippen LogP contribution in [0.2, 0.25) is 5.02 Å². The number of rotatable bonds is 2. The molecule has 1 aliphatic heterocycles. The first-order valence-corrected chi connectivity index (χ1v) is 9.35. The van der Waals surface area contributed by atoms with Gasteiger partial charge in [0.05, 0.1) is 16.2 Å². The number of nitrogens with zero attached hydrogens (tertiary/aromatic N) is 4. The lowest BCUT2D eigenvalue weighted by atomic mass is 10.0. The average Bonchev–Trinajstić information content (AvgIpc) is 2.64. The van der Waals surface area contributed by atoms with Gasteiger partial charge in [0.2, 0.25) is 0 Å². The summed E-state index contributed by atoms with van der Waals surface area (Å²) in [7, 11) is 0. The van der Waals surface area contributed by atoms with Crippen LogP contribution in [0.25, 0.3) is 22.2 Å². The number of hydrogen-bond donors (Lipinski definition) is 1. The number of halogens is 1. The van der Waals surface area contributed by atoms with E-state index >= 15 is 0 Å². The molecule has 1 saturated heterocycles. The van der Waals surface area contributed by atoms with Crippen LogP contribution in [0.5, 0.6) is 0 Å². The van der Waals surface area contributed by atoms with Gasteiger partial charge in [-0.2, -0.15) is 0 Å². The molecule has 0 bridgehead atoms. The second-order valence-corrected chi connectivity index (χ2v) is 7.34. The SMILES string of the molecule is Cc1cc(N)nc(-c2cc3ncnc(N4CCCCC4)c3cc2Cl)c1C. The zero-order chi connectivity index (χ0) is 18.3. The van der Waals surface area contributed by atoms with E-state index in [0.29, 0.717) is 10.8 Å². The molecule has 0 amide bonds. The van der Waals surface area contributed by atoms with E-state index in [9.17, 15) is 0 Å². The molecule has 5 nitrogen and oxygen atoms in total. The predicted molar refractivity (Wildman–Crippen MR) is 108 cm³/mol. The van der Waals surface area contributed by atoms with Crippen LogP contribution in [0, 0.1) is 13.8 Å². The predicted octanol–water partition coefficient (Wildman–Crippen LogP) is 4.53. The number of piperidine rings is 1. The van der Waals surface area contributed by atoms with Gasteiger partial charge in [-0.05, 0) is 62.4 Å². The van der Waals surface area contributed by atoms with E-state index in [-0.39, 0.29) is 0 Å². The van der Waals surface area contributed by atoms with Gasteiger partial charge in [0, 0.05) is 24.0 Å². The smallest absolute Gasteiger partial charge is 0.139 e. The first kappa shape index (κ1) is 17.0. The van der Waals surface area contributed by atoms with Gasteiger partial charge in [-0.1, -0.05) is 11.6 Å². The zero-order valence-corrected chi connectivity index (χ0v) is 15.8. The first-order valence-electron chi connectivity index (χ1n) is 8.98. The molecule has 4 rings (SSSR count). The summed E-state index contributed by atoms with van der Waals surface area (Å²) in [6.07, 6.45) is 5.31. The highest BCUT2D eigenvalue weighted by Gasteiger charge is 2.18. The summed E-state index contributed by atoms with van der Waals surface area (Å²) in [4.78, 5) is 15.9. The highest BCUT2D eigenvalue weighted by molar-refractivity contribution is 6.34. The minimum Gasteiger partial charge on any atom is -0.384 e. The molecule has 134 valence electrons. The van der Waals surface area contributed by atoms with Crippen LogP contribution in [0.1, 0.15) is 30.4 Å². The second-order valence-electron chi connectivity index (χ2n) is 6.93. The minimum atomic E-state index is 0.496. The quantitative estimate of drug-likeness (QED) is 0.720. The average molecular weight is 368 g/mol. The number of nitrogens with two attached hydrogens (primary N) is 1. The third-order valence-electron chi connectivity index (χ3n) is 5.17. The van der Waals surface area contributed by atoms with Gasteiger partial charge in [0.25, 0.3) is 0 Å². The van der Waals surface area contributed by atoms with E-state index in [0.717, 1.165) is 52.2 Å². The first-order chi connectivity index (χ1) is 12.5. The molecule has 3 heterocycles. The Hall–Kier alpha value is -2.40. The third-order valence-corrected chi connectivity index (χ3v) is 5.48. The number of aromatic nitrogens is 3. The molecule has 0 unspecified atom stereocenters. The summed E-state index contributed by atoms with van der Waals surface area (Å²) in [5.41, 5.74) is 10.7. The highest BCUT2D eigenvalue weighted by Crippen LogP contribution is 2.36. The van der Waals surface area contributed by atoms with Gasteiger partial charge < -0.3 is 10.6 Å². The lowest BCUT2D eigenvalue weighted by molar-refractivity contribution is 0.574. The number of fused-ring (bicyclic) bond motifs is 1. The van der Waals surface area contributed by atoms with Gasteiger partial charge in [0.15, 0.2) is 0 Å². The molecule has 0 spiro atoms. The van der Waals surface area contributed by atoms with Crippen molar-refractivity contribution in [2.24, 2.45) is 0 Å². The maximum atomic E-state index is 6.67. The molecular formula is C20H22ClN5. The maximum Gasteiger partial charge on any atom is 0.139 e. The van der Waals surface area contributed by atoms with Gasteiger partial charge in [0.1, 0.15) is 18.0 Å². The van der Waals surface area contributed by atoms with Crippen LogP contribution in [0.4, 0.5) is 11.6 Å². The summed E-state index contributed by atoms with van der Waals surface area (Å²) in [5, 5.41) is 1.63. The number of aryl methyl sites for hydroxylation is 1. The van der Waals surface area contributed by atoms with Crippen molar-refractivity contribution in [1.29, 1.82) is 0 Å². The number of anilines is 2. The largest absolute Gasteiger partial charge is 0.384 e. The lowest BCUT2D eigenvalue weighted by Crippen LogP contribution is -2.30. The molecule has 1 aliphatic rings. The Morgan fingerprint density at radius 2 is 1.81 bits per heavy atom. The zero-order valence-electron chi connectivity index (χ0n) is 15.1. The molecule has 0 saturated carbocycles. The summed E-state index contributed by atoms with van der Waals surface area (Å²) >= 11 is 6.67. The number of benzene rings is 1. The molecule has 0 radical (unpaired) electrons. The summed E-state index contributed by atoms with van der Waals surface area (Å²) in [5.74, 6) is 1.47. The van der Waals surface area contributed by atoms with Crippen LogP contribution < -0.4 is 10.6 Å². The molecule has 0 aliphatic carbocycles. The van der Waals surface area contributed by atoms with Crippen LogP contribution in [-0.4, -0.2) is 28.0 Å². The van der Waals surface area contributed by atoms with E-state index in [1.807, 2.05) is 32.0 Å². The topological polar surface area (TPSA) is 67.9 Å². The molecule has 1 aromatic carbocycles. The van der Waals surface area contributed by atoms with Crippen LogP contribution in [0.3, 0.4) is 0 Å². The van der Waals surface area contributed by atoms with Crippen LogP contribution in [0.15, 0.2) is 24.5 Å². The molecule has 6 heteroatoms. The van der Waals surface area contributed by atoms with Gasteiger partial charge in [-0.25, -0.2) is 15.0 Å². The van der Waals surface area contributed by atoms with Crippen molar-refractivity contribution in [2.75, 3.05) is 23.7 Å². The summed E-state index contributed by atoms with van der Waals surface area (Å²) < 4.78 is 0. The minimum absolute atomic E-state index is 0.496. The lowest BCUT2D eigenvalue weighted by Gasteiger charge is -2.28. The van der Waals surface area contributed by atoms with Gasteiger partial charge in [-0.15, -0.1) is 0 Å². The molecule has 1 fully saturated rings. The van der Waals surface area contributed by atoms with Crippen LogP contribution >= 0.6 is 11.6 Å². The van der Waals surface area contributed by atoms with E-state index in [1.165, 1.54) is 19.3 Å². The van der Waals surface area contributed by atoms with E-state index in [2.05, 4.69) is 19.9 Å². The molecule has 0 atom stereocenters. The third kappa shape index (κ3) is 2.97. The Bertz CT molecular complexity index is 980. The Morgan fingerprint density at radius 1 is 1.04 bits per heavy atom. The maximum absolute atomic E-state index is 6.67. The molecule has 2 N–H and O–H groups in total. The second kappa shape index (κ2) is 6.72. The fourth-order valence-corrected chi connectivity index (χ4v) is 3.88. The van der Waals surface area contributed by atoms with Crippen molar-refractivity contribution in [2.45, 2.75) is 33.1 Å². The molecule has 2 aromatic heterocycles. The number of nitrogen functional groups attached to an aromatic ring is 1. The molecule has 3 aromatic rings. The number of hydrogen-bond acceptors (Lipinski definition) is 5. The molecular weight excluding hydrogens is 346 g/mol. The Kier molecular flexibility index (Phi) is 4.41. The van der Waals surface area contributed by atoms with Crippen molar-refractivity contribution in [3.8, 4) is 11.3 Å². The van der Waals surface area contributed by atoms with Gasteiger partial charge >= 0.3 is 0 Å². The fourth-order valence-electron chi connectivity index (χ4n) is 3.63. The van der Waals surface area contributed by atoms with Crippen molar-refractivity contribution >= 4 is 34.1 Å². The Labute approximate surface area is 158 Å². The monoisotopic (exact) mass is 367 g/mol. The van der Waals surface area contributed by atoms with Crippen molar-refractivity contribution in [1.82, 2.24) is 15.0 Å². The van der Waals surface area contributed by atoms with Crippen molar-refractivity contribution in [3.05, 3.63) is 40.7 Å². The van der Waals surface area contributed by atoms with E-state index in [4.69, 9.17) is 17.3 Å². The van der Waals surface area contributed by atoms with Gasteiger partial charge in [-0.3, -0.25) is 0 Å². The fraction of sp³-hybridized carbons (Fsp3) is 0.350.